The fourth-order valence-corrected chi connectivity index (χ4v) is 2.48. The van der Waals surface area contributed by atoms with Crippen molar-refractivity contribution in [1.29, 1.82) is 0 Å². The van der Waals surface area contributed by atoms with Gasteiger partial charge in [-0.1, -0.05) is 43.5 Å². The van der Waals surface area contributed by atoms with Crippen LogP contribution in [0.25, 0.3) is 0 Å². The fraction of sp³-hybridized carbons (Fsp3) is 0.538. The Hall–Kier alpha value is -0.820. The number of rotatable bonds is 2. The smallest absolute Gasteiger partial charge is 0.108 e. The lowest BCUT2D eigenvalue weighted by molar-refractivity contribution is 0.176. The third-order valence-corrected chi connectivity index (χ3v) is 3.26. The second-order valence-corrected chi connectivity index (χ2v) is 4.18. The molecule has 1 saturated carbocycles. The first kappa shape index (κ1) is 9.72. The summed E-state index contributed by atoms with van der Waals surface area (Å²) in [4.78, 5) is 0. The third-order valence-electron chi connectivity index (χ3n) is 3.26. The van der Waals surface area contributed by atoms with E-state index in [2.05, 4.69) is 12.1 Å². The van der Waals surface area contributed by atoms with Crippen molar-refractivity contribution in [3.8, 4) is 0 Å². The van der Waals surface area contributed by atoms with Crippen molar-refractivity contribution in [1.82, 2.24) is 0 Å². The molecule has 1 aromatic rings. The van der Waals surface area contributed by atoms with Gasteiger partial charge in [0.2, 0.25) is 0 Å². The van der Waals surface area contributed by atoms with Gasteiger partial charge in [0.1, 0.15) is 6.61 Å². The monoisotopic (exact) mass is 189 g/mol. The van der Waals surface area contributed by atoms with Gasteiger partial charge in [0, 0.05) is 0 Å². The summed E-state index contributed by atoms with van der Waals surface area (Å²) < 4.78 is 0. The second-order valence-electron chi connectivity index (χ2n) is 4.18. The van der Waals surface area contributed by atoms with Gasteiger partial charge in [0.25, 0.3) is 0 Å². The Morgan fingerprint density at radius 2 is 1.79 bits per heavy atom. The molecule has 0 N–H and O–H groups in total. The summed E-state index contributed by atoms with van der Waals surface area (Å²) >= 11 is 0. The van der Waals surface area contributed by atoms with Crippen molar-refractivity contribution in [2.75, 3.05) is 0 Å². The summed E-state index contributed by atoms with van der Waals surface area (Å²) in [7, 11) is 0. The molecule has 0 spiro atoms. The molecule has 2 rings (SSSR count). The highest BCUT2D eigenvalue weighted by molar-refractivity contribution is 5.30. The van der Waals surface area contributed by atoms with E-state index in [1.54, 1.807) is 0 Å². The highest BCUT2D eigenvalue weighted by Crippen LogP contribution is 2.34. The maximum Gasteiger partial charge on any atom is 0.108 e. The summed E-state index contributed by atoms with van der Waals surface area (Å²) in [5.74, 6) is 0.661. The first-order valence-corrected chi connectivity index (χ1v) is 5.57. The van der Waals surface area contributed by atoms with Crippen LogP contribution in [-0.4, -0.2) is 0 Å². The average molecular weight is 189 g/mol. The summed E-state index contributed by atoms with van der Waals surface area (Å²) in [6.07, 6.45) is 6.58. The van der Waals surface area contributed by atoms with Crippen LogP contribution in [0.1, 0.15) is 49.1 Å². The predicted molar refractivity (Wildman–Crippen MR) is 56.7 cm³/mol. The predicted octanol–water partition coefficient (Wildman–Crippen LogP) is 3.66. The van der Waals surface area contributed by atoms with E-state index in [9.17, 15) is 5.11 Å². The van der Waals surface area contributed by atoms with Crippen LogP contribution in [0, 0.1) is 0 Å². The second kappa shape index (κ2) is 4.61. The zero-order valence-electron chi connectivity index (χ0n) is 8.54. The lowest BCUT2D eigenvalue weighted by Crippen LogP contribution is -2.07. The van der Waals surface area contributed by atoms with Crippen LogP contribution in [-0.2, 0) is 11.7 Å². The Morgan fingerprint density at radius 1 is 1.07 bits per heavy atom. The van der Waals surface area contributed by atoms with Crippen molar-refractivity contribution in [2.45, 2.75) is 44.6 Å². The lowest BCUT2D eigenvalue weighted by atomic mass is 9.82. The van der Waals surface area contributed by atoms with Gasteiger partial charge in [0.15, 0.2) is 0 Å². The van der Waals surface area contributed by atoms with Gasteiger partial charge < -0.3 is 0 Å². The summed E-state index contributed by atoms with van der Waals surface area (Å²) in [6, 6.07) is 8.16. The van der Waals surface area contributed by atoms with Crippen molar-refractivity contribution < 1.29 is 5.11 Å². The summed E-state index contributed by atoms with van der Waals surface area (Å²) in [6.45, 7) is -0.0628. The van der Waals surface area contributed by atoms with Crippen molar-refractivity contribution in [3.63, 3.8) is 0 Å². The van der Waals surface area contributed by atoms with E-state index in [4.69, 9.17) is 0 Å². The molecule has 1 heteroatoms. The van der Waals surface area contributed by atoms with Gasteiger partial charge in [0.05, 0.1) is 0 Å². The molecule has 0 atom stereocenters. The molecule has 1 fully saturated rings. The normalized spacial score (nSPS) is 18.4. The molecule has 0 aliphatic heterocycles. The average Bonchev–Trinajstić information content (AvgIpc) is 2.30. The van der Waals surface area contributed by atoms with Gasteiger partial charge in [-0.2, -0.15) is 0 Å². The lowest BCUT2D eigenvalue weighted by Gasteiger charge is -2.23. The Kier molecular flexibility index (Phi) is 3.20. The van der Waals surface area contributed by atoms with Crippen LogP contribution < -0.4 is 0 Å². The van der Waals surface area contributed by atoms with Gasteiger partial charge in [-0.05, 0) is 29.9 Å². The number of hydrogen-bond acceptors (Lipinski definition) is 0. The molecule has 0 saturated heterocycles. The van der Waals surface area contributed by atoms with Gasteiger partial charge in [-0.3, -0.25) is 0 Å². The van der Waals surface area contributed by atoms with Crippen LogP contribution in [0.15, 0.2) is 24.3 Å². The fourth-order valence-electron chi connectivity index (χ4n) is 2.48. The minimum Gasteiger partial charge on any atom is -0.232 e. The van der Waals surface area contributed by atoms with E-state index in [0.717, 1.165) is 5.56 Å². The van der Waals surface area contributed by atoms with E-state index in [1.165, 1.54) is 37.7 Å². The molecule has 1 radical (unpaired) electrons. The van der Waals surface area contributed by atoms with Crippen LogP contribution >= 0.6 is 0 Å². The number of benzene rings is 1. The Bertz CT molecular complexity index is 287. The van der Waals surface area contributed by atoms with E-state index in [1.807, 2.05) is 12.1 Å². The van der Waals surface area contributed by atoms with E-state index in [-0.39, 0.29) is 6.61 Å². The van der Waals surface area contributed by atoms with Gasteiger partial charge in [-0.15, -0.1) is 0 Å². The first-order chi connectivity index (χ1) is 6.92. The molecule has 0 unspecified atom stereocenters. The summed E-state index contributed by atoms with van der Waals surface area (Å²) in [5, 5.41) is 11.0. The molecule has 0 bridgehead atoms. The topological polar surface area (TPSA) is 19.9 Å². The zero-order chi connectivity index (χ0) is 9.80. The highest BCUT2D eigenvalue weighted by atomic mass is 16.3. The van der Waals surface area contributed by atoms with Gasteiger partial charge >= 0.3 is 0 Å². The minimum absolute atomic E-state index is 0.0628. The quantitative estimate of drug-likeness (QED) is 0.676. The third kappa shape index (κ3) is 1.98. The Morgan fingerprint density at radius 3 is 2.50 bits per heavy atom. The maximum atomic E-state index is 11.0. The molecule has 0 heterocycles. The zero-order valence-corrected chi connectivity index (χ0v) is 8.54. The maximum absolute atomic E-state index is 11.0. The molecule has 1 aliphatic rings. The highest BCUT2D eigenvalue weighted by Gasteiger charge is 2.17. The van der Waals surface area contributed by atoms with E-state index in [0.29, 0.717) is 5.92 Å². The molecule has 75 valence electrons. The first-order valence-electron chi connectivity index (χ1n) is 5.57. The summed E-state index contributed by atoms with van der Waals surface area (Å²) in [5.41, 5.74) is 2.33. The van der Waals surface area contributed by atoms with Crippen molar-refractivity contribution in [3.05, 3.63) is 35.4 Å². The number of hydrogen-bond donors (Lipinski definition) is 0. The molecule has 14 heavy (non-hydrogen) atoms. The molecule has 1 aliphatic carbocycles. The SMILES string of the molecule is [O]Cc1ccccc1C1CCCCC1. The largest absolute Gasteiger partial charge is 0.232 e. The Labute approximate surface area is 85.8 Å². The molecular weight excluding hydrogens is 172 g/mol. The van der Waals surface area contributed by atoms with E-state index >= 15 is 0 Å². The van der Waals surface area contributed by atoms with Crippen molar-refractivity contribution >= 4 is 0 Å². The van der Waals surface area contributed by atoms with Crippen LogP contribution in [0.2, 0.25) is 0 Å². The van der Waals surface area contributed by atoms with E-state index < -0.39 is 0 Å². The molecular formula is C13H17O. The Balaban J connectivity index is 2.20. The minimum atomic E-state index is -0.0628. The van der Waals surface area contributed by atoms with Gasteiger partial charge in [-0.25, -0.2) is 5.11 Å². The molecule has 0 aromatic heterocycles. The molecule has 1 aromatic carbocycles. The van der Waals surface area contributed by atoms with Crippen molar-refractivity contribution in [2.24, 2.45) is 0 Å². The van der Waals surface area contributed by atoms with Crippen LogP contribution in [0.5, 0.6) is 0 Å². The molecule has 0 amide bonds. The molecule has 1 nitrogen and oxygen atoms in total. The van der Waals surface area contributed by atoms with Crippen LogP contribution in [0.3, 0.4) is 0 Å². The van der Waals surface area contributed by atoms with Crippen LogP contribution in [0.4, 0.5) is 0 Å². The standard InChI is InChI=1S/C13H17O/c14-10-12-8-4-5-9-13(12)11-6-2-1-3-7-11/h4-5,8-9,11H,1-3,6-7,10H2.